The Hall–Kier alpha value is -2.13. The van der Waals surface area contributed by atoms with E-state index in [0.717, 1.165) is 25.7 Å². The maximum atomic E-state index is 12.9. The molecule has 1 saturated heterocycles. The number of esters is 1. The quantitative estimate of drug-likeness (QED) is 0.614. The van der Waals surface area contributed by atoms with Crippen molar-refractivity contribution in [1.82, 2.24) is 4.31 Å². The lowest BCUT2D eigenvalue weighted by molar-refractivity contribution is -0.119. The number of amides is 1. The van der Waals surface area contributed by atoms with E-state index in [1.807, 2.05) is 0 Å². The number of hydrogen-bond donors (Lipinski definition) is 1. The maximum absolute atomic E-state index is 12.9. The first-order chi connectivity index (χ1) is 14.8. The molecule has 0 atom stereocenters. The number of anilines is 1. The molecule has 0 aliphatic carbocycles. The lowest BCUT2D eigenvalue weighted by Crippen LogP contribution is -2.32. The average Bonchev–Trinajstić information content (AvgIpc) is 3.04. The Morgan fingerprint density at radius 1 is 1.00 bits per heavy atom. The topological polar surface area (TPSA) is 92.8 Å². The summed E-state index contributed by atoms with van der Waals surface area (Å²) in [5.74, 6) is -1.39. The average molecular weight is 485 g/mol. The van der Waals surface area contributed by atoms with Crippen LogP contribution in [-0.2, 0) is 19.6 Å². The van der Waals surface area contributed by atoms with Crippen molar-refractivity contribution in [2.45, 2.75) is 30.6 Å². The predicted molar refractivity (Wildman–Crippen MR) is 119 cm³/mol. The number of carbonyl (C=O) groups excluding carboxylic acids is 2. The number of carbonyl (C=O) groups is 2. The molecule has 1 heterocycles. The lowest BCUT2D eigenvalue weighted by Gasteiger charge is -2.20. The van der Waals surface area contributed by atoms with Gasteiger partial charge in [0, 0.05) is 18.1 Å². The standard InChI is InChI=1S/C21H22Cl2N2O5S/c22-16-8-9-19(18(23)13-16)24-20(26)14-30-21(27)15-6-5-7-17(12-15)31(28,29)25-10-3-1-2-4-11-25/h5-9,12-13H,1-4,10-11,14H2,(H,24,26). The molecule has 166 valence electrons. The van der Waals surface area contributed by atoms with Crippen molar-refractivity contribution < 1.29 is 22.7 Å². The second-order valence-electron chi connectivity index (χ2n) is 7.09. The van der Waals surface area contributed by atoms with Gasteiger partial charge in [0.15, 0.2) is 6.61 Å². The Bertz CT molecular complexity index is 1070. The van der Waals surface area contributed by atoms with Gasteiger partial charge in [0.05, 0.1) is 21.2 Å². The second-order valence-corrected chi connectivity index (χ2v) is 9.88. The molecule has 0 bridgehead atoms. The minimum absolute atomic E-state index is 0.0289. The van der Waals surface area contributed by atoms with Crippen molar-refractivity contribution in [3.8, 4) is 0 Å². The molecule has 0 radical (unpaired) electrons. The van der Waals surface area contributed by atoms with Crippen molar-refractivity contribution in [3.05, 3.63) is 58.1 Å². The summed E-state index contributed by atoms with van der Waals surface area (Å²) in [5, 5.41) is 3.19. The van der Waals surface area contributed by atoms with E-state index in [0.29, 0.717) is 23.8 Å². The zero-order chi connectivity index (χ0) is 22.4. The third-order valence-electron chi connectivity index (χ3n) is 4.81. The first-order valence-corrected chi connectivity index (χ1v) is 12.0. The molecular formula is C21H22Cl2N2O5S. The Morgan fingerprint density at radius 2 is 1.71 bits per heavy atom. The van der Waals surface area contributed by atoms with Gasteiger partial charge in [0.25, 0.3) is 5.91 Å². The molecule has 10 heteroatoms. The Balaban J connectivity index is 1.63. The number of benzene rings is 2. The minimum Gasteiger partial charge on any atom is -0.452 e. The van der Waals surface area contributed by atoms with E-state index < -0.39 is 28.5 Å². The molecule has 0 spiro atoms. The van der Waals surface area contributed by atoms with E-state index in [-0.39, 0.29) is 15.5 Å². The van der Waals surface area contributed by atoms with E-state index in [9.17, 15) is 18.0 Å². The van der Waals surface area contributed by atoms with Crippen LogP contribution in [0, 0.1) is 0 Å². The van der Waals surface area contributed by atoms with Crippen molar-refractivity contribution in [2.24, 2.45) is 0 Å². The van der Waals surface area contributed by atoms with Gasteiger partial charge >= 0.3 is 5.97 Å². The van der Waals surface area contributed by atoms with Gasteiger partial charge in [-0.25, -0.2) is 13.2 Å². The molecule has 0 saturated carbocycles. The third-order valence-corrected chi connectivity index (χ3v) is 7.25. The molecule has 1 N–H and O–H groups in total. The Labute approximate surface area is 191 Å². The van der Waals surface area contributed by atoms with E-state index >= 15 is 0 Å². The van der Waals surface area contributed by atoms with E-state index in [2.05, 4.69) is 5.32 Å². The van der Waals surface area contributed by atoms with Crippen LogP contribution in [0.25, 0.3) is 0 Å². The summed E-state index contributed by atoms with van der Waals surface area (Å²) in [6.45, 7) is 0.371. The largest absolute Gasteiger partial charge is 0.452 e. The normalized spacial score (nSPS) is 15.2. The highest BCUT2D eigenvalue weighted by Crippen LogP contribution is 2.25. The van der Waals surface area contributed by atoms with Gasteiger partial charge in [0.1, 0.15) is 0 Å². The molecule has 0 unspecified atom stereocenters. The van der Waals surface area contributed by atoms with Gasteiger partial charge in [-0.1, -0.05) is 42.1 Å². The first kappa shape index (κ1) is 23.5. The SMILES string of the molecule is O=C(COC(=O)c1cccc(S(=O)(=O)N2CCCCCC2)c1)Nc1ccc(Cl)cc1Cl. The molecule has 1 fully saturated rings. The van der Waals surface area contributed by atoms with Crippen molar-refractivity contribution in [2.75, 3.05) is 25.0 Å². The minimum atomic E-state index is -3.70. The number of rotatable bonds is 6. The van der Waals surface area contributed by atoms with Gasteiger partial charge in [-0.05, 0) is 49.2 Å². The number of hydrogen-bond acceptors (Lipinski definition) is 5. The Kier molecular flexibility index (Phi) is 7.94. The number of sulfonamides is 1. The lowest BCUT2D eigenvalue weighted by atomic mass is 10.2. The summed E-state index contributed by atoms with van der Waals surface area (Å²) in [7, 11) is -3.70. The van der Waals surface area contributed by atoms with Gasteiger partial charge in [-0.3, -0.25) is 4.79 Å². The van der Waals surface area contributed by atoms with Gasteiger partial charge in [0.2, 0.25) is 10.0 Å². The number of nitrogens with one attached hydrogen (secondary N) is 1. The summed E-state index contributed by atoms with van der Waals surface area (Å²) < 4.78 is 32.3. The third kappa shape index (κ3) is 6.20. The predicted octanol–water partition coefficient (Wildman–Crippen LogP) is 4.35. The fraction of sp³-hybridized carbons (Fsp3) is 0.333. The van der Waals surface area contributed by atoms with Crippen LogP contribution in [0.1, 0.15) is 36.0 Å². The highest BCUT2D eigenvalue weighted by Gasteiger charge is 2.26. The van der Waals surface area contributed by atoms with Crippen molar-refractivity contribution >= 4 is 50.8 Å². The van der Waals surface area contributed by atoms with Crippen LogP contribution in [0.4, 0.5) is 5.69 Å². The fourth-order valence-corrected chi connectivity index (χ4v) is 5.23. The molecule has 0 aromatic heterocycles. The van der Waals surface area contributed by atoms with E-state index in [1.165, 1.54) is 40.7 Å². The molecule has 1 aliphatic rings. The van der Waals surface area contributed by atoms with Crippen LogP contribution in [0.5, 0.6) is 0 Å². The van der Waals surface area contributed by atoms with E-state index in [4.69, 9.17) is 27.9 Å². The molecule has 3 rings (SSSR count). The number of halogens is 2. The number of nitrogens with zero attached hydrogens (tertiary/aromatic N) is 1. The summed E-state index contributed by atoms with van der Waals surface area (Å²) in [5.41, 5.74) is 0.380. The van der Waals surface area contributed by atoms with Gasteiger partial charge in [-0.15, -0.1) is 0 Å². The monoisotopic (exact) mass is 484 g/mol. The van der Waals surface area contributed by atoms with Crippen LogP contribution in [0.15, 0.2) is 47.4 Å². The summed E-state index contributed by atoms with van der Waals surface area (Å²) in [6, 6.07) is 10.2. The highest BCUT2D eigenvalue weighted by atomic mass is 35.5. The van der Waals surface area contributed by atoms with Crippen LogP contribution in [-0.4, -0.2) is 44.3 Å². The van der Waals surface area contributed by atoms with Gasteiger partial charge < -0.3 is 10.1 Å². The van der Waals surface area contributed by atoms with Crippen LogP contribution in [0.2, 0.25) is 10.0 Å². The van der Waals surface area contributed by atoms with Crippen molar-refractivity contribution in [3.63, 3.8) is 0 Å². The molecule has 31 heavy (non-hydrogen) atoms. The second kappa shape index (κ2) is 10.5. The highest BCUT2D eigenvalue weighted by molar-refractivity contribution is 7.89. The van der Waals surface area contributed by atoms with E-state index in [1.54, 1.807) is 6.07 Å². The zero-order valence-electron chi connectivity index (χ0n) is 16.6. The number of ether oxygens (including phenoxy) is 1. The van der Waals surface area contributed by atoms with Crippen LogP contribution >= 0.6 is 23.2 Å². The molecular weight excluding hydrogens is 463 g/mol. The Morgan fingerprint density at radius 3 is 2.39 bits per heavy atom. The van der Waals surface area contributed by atoms with Crippen LogP contribution in [0.3, 0.4) is 0 Å². The summed E-state index contributed by atoms with van der Waals surface area (Å²) in [6.07, 6.45) is 3.63. The first-order valence-electron chi connectivity index (χ1n) is 9.79. The molecule has 2 aromatic carbocycles. The summed E-state index contributed by atoms with van der Waals surface area (Å²) in [4.78, 5) is 24.5. The maximum Gasteiger partial charge on any atom is 0.338 e. The molecule has 1 aliphatic heterocycles. The van der Waals surface area contributed by atoms with Crippen LogP contribution < -0.4 is 5.32 Å². The fourth-order valence-electron chi connectivity index (χ4n) is 3.21. The van der Waals surface area contributed by atoms with Gasteiger partial charge in [-0.2, -0.15) is 4.31 Å². The molecule has 7 nitrogen and oxygen atoms in total. The van der Waals surface area contributed by atoms with Crippen molar-refractivity contribution in [1.29, 1.82) is 0 Å². The molecule has 1 amide bonds. The smallest absolute Gasteiger partial charge is 0.338 e. The zero-order valence-corrected chi connectivity index (χ0v) is 19.0. The summed E-state index contributed by atoms with van der Waals surface area (Å²) >= 11 is 11.8. The molecule has 2 aromatic rings.